The maximum atomic E-state index is 5.57. The minimum atomic E-state index is 0.643. The summed E-state index contributed by atoms with van der Waals surface area (Å²) >= 11 is 0. The fourth-order valence-corrected chi connectivity index (χ4v) is 2.38. The maximum Gasteiger partial charge on any atom is 0.0521 e. The first-order valence-corrected chi connectivity index (χ1v) is 6.29. The molecule has 0 bridgehead atoms. The molecule has 0 aromatic rings. The molecule has 0 aromatic heterocycles. The molecule has 0 aliphatic carbocycles. The van der Waals surface area contributed by atoms with Crippen LogP contribution in [0.2, 0.25) is 0 Å². The van der Waals surface area contributed by atoms with Crippen LogP contribution in [0.3, 0.4) is 0 Å². The third kappa shape index (κ3) is 4.09. The maximum absolute atomic E-state index is 5.57. The van der Waals surface area contributed by atoms with E-state index >= 15 is 0 Å². The number of nitrogens with one attached hydrogen (secondary N) is 1. The lowest BCUT2D eigenvalue weighted by molar-refractivity contribution is 0.0191. The van der Waals surface area contributed by atoms with E-state index in [4.69, 9.17) is 4.74 Å². The van der Waals surface area contributed by atoms with E-state index in [9.17, 15) is 0 Å². The summed E-state index contributed by atoms with van der Waals surface area (Å²) in [6, 6.07) is 0.643. The molecule has 15 heavy (non-hydrogen) atoms. The van der Waals surface area contributed by atoms with Crippen LogP contribution in [0.15, 0.2) is 0 Å². The Hall–Kier alpha value is -0.120. The zero-order valence-electron chi connectivity index (χ0n) is 10.5. The first-order chi connectivity index (χ1) is 7.31. The predicted octanol–water partition coefficient (Wildman–Crippen LogP) is 1.34. The lowest BCUT2D eigenvalue weighted by atomic mass is 9.95. The van der Waals surface area contributed by atoms with E-state index in [0.29, 0.717) is 12.0 Å². The molecule has 1 aliphatic heterocycles. The molecule has 1 N–H and O–H groups in total. The molecule has 1 aliphatic rings. The fourth-order valence-electron chi connectivity index (χ4n) is 2.38. The van der Waals surface area contributed by atoms with Crippen molar-refractivity contribution in [2.45, 2.75) is 32.7 Å². The summed E-state index contributed by atoms with van der Waals surface area (Å²) in [5, 5.41) is 3.42. The van der Waals surface area contributed by atoms with Gasteiger partial charge in [-0.2, -0.15) is 0 Å². The van der Waals surface area contributed by atoms with E-state index in [1.54, 1.807) is 0 Å². The van der Waals surface area contributed by atoms with Crippen molar-refractivity contribution in [3.05, 3.63) is 0 Å². The van der Waals surface area contributed by atoms with Crippen LogP contribution in [0.25, 0.3) is 0 Å². The van der Waals surface area contributed by atoms with Gasteiger partial charge in [0.05, 0.1) is 6.61 Å². The highest BCUT2D eigenvalue weighted by Gasteiger charge is 2.25. The van der Waals surface area contributed by atoms with Crippen molar-refractivity contribution in [1.29, 1.82) is 0 Å². The van der Waals surface area contributed by atoms with Crippen molar-refractivity contribution in [2.75, 3.05) is 39.9 Å². The minimum absolute atomic E-state index is 0.643. The Bertz CT molecular complexity index is 164. The second-order valence-electron chi connectivity index (χ2n) is 4.41. The van der Waals surface area contributed by atoms with Crippen molar-refractivity contribution in [3.8, 4) is 0 Å². The lowest BCUT2D eigenvalue weighted by Gasteiger charge is -2.35. The first kappa shape index (κ1) is 12.9. The monoisotopic (exact) mass is 214 g/mol. The molecule has 1 fully saturated rings. The number of ether oxygens (including phenoxy) is 1. The highest BCUT2D eigenvalue weighted by Crippen LogP contribution is 2.16. The molecule has 1 rings (SSSR count). The number of nitrogens with zero attached hydrogens (tertiary/aromatic N) is 1. The Labute approximate surface area is 94.2 Å². The summed E-state index contributed by atoms with van der Waals surface area (Å²) in [4.78, 5) is 2.53. The van der Waals surface area contributed by atoms with Gasteiger partial charge in [-0.25, -0.2) is 0 Å². The minimum Gasteiger partial charge on any atom is -0.381 e. The molecule has 2 atom stereocenters. The van der Waals surface area contributed by atoms with Crippen LogP contribution >= 0.6 is 0 Å². The Kier molecular flexibility index (Phi) is 6.22. The molecule has 1 saturated heterocycles. The average molecular weight is 214 g/mol. The van der Waals surface area contributed by atoms with Crippen LogP contribution in [0.4, 0.5) is 0 Å². The van der Waals surface area contributed by atoms with Gasteiger partial charge in [-0.15, -0.1) is 0 Å². The summed E-state index contributed by atoms with van der Waals surface area (Å²) in [6.07, 6.45) is 2.40. The summed E-state index contributed by atoms with van der Waals surface area (Å²) in [5.41, 5.74) is 0. The van der Waals surface area contributed by atoms with Gasteiger partial charge in [0, 0.05) is 25.1 Å². The molecular weight excluding hydrogens is 188 g/mol. The number of hydrogen-bond donors (Lipinski definition) is 1. The van der Waals surface area contributed by atoms with Gasteiger partial charge in [0.1, 0.15) is 0 Å². The summed E-state index contributed by atoms with van der Waals surface area (Å²) in [7, 11) is 2.07. The average Bonchev–Trinajstić information content (AvgIpc) is 2.29. The topological polar surface area (TPSA) is 24.5 Å². The molecule has 0 radical (unpaired) electrons. The molecule has 90 valence electrons. The standard InChI is InChI=1S/C12H26N2O/c1-4-7-14(5-2)9-11-10-15-8-6-12(11)13-3/h11-13H,4-10H2,1-3H3. The van der Waals surface area contributed by atoms with Gasteiger partial charge in [-0.05, 0) is 33.0 Å². The fraction of sp³-hybridized carbons (Fsp3) is 1.00. The molecule has 2 unspecified atom stereocenters. The highest BCUT2D eigenvalue weighted by molar-refractivity contribution is 4.80. The van der Waals surface area contributed by atoms with Crippen LogP contribution in [-0.2, 0) is 4.74 Å². The SMILES string of the molecule is CCCN(CC)CC1COCCC1NC. The van der Waals surface area contributed by atoms with Crippen molar-refractivity contribution in [3.63, 3.8) is 0 Å². The molecule has 0 aromatic carbocycles. The van der Waals surface area contributed by atoms with E-state index in [0.717, 1.165) is 26.2 Å². The van der Waals surface area contributed by atoms with Gasteiger partial charge in [-0.3, -0.25) is 0 Å². The molecule has 0 spiro atoms. The third-order valence-electron chi connectivity index (χ3n) is 3.32. The third-order valence-corrected chi connectivity index (χ3v) is 3.32. The van der Waals surface area contributed by atoms with Crippen LogP contribution in [0.1, 0.15) is 26.7 Å². The van der Waals surface area contributed by atoms with Gasteiger partial charge in [0.2, 0.25) is 0 Å². The normalized spacial score (nSPS) is 27.2. The van der Waals surface area contributed by atoms with Gasteiger partial charge < -0.3 is 15.0 Å². The van der Waals surface area contributed by atoms with Gasteiger partial charge in [0.15, 0.2) is 0 Å². The van der Waals surface area contributed by atoms with Crippen LogP contribution in [-0.4, -0.2) is 50.8 Å². The molecule has 3 heteroatoms. The van der Waals surface area contributed by atoms with Crippen molar-refractivity contribution >= 4 is 0 Å². The predicted molar refractivity (Wildman–Crippen MR) is 64.2 cm³/mol. The molecule has 1 heterocycles. The molecular formula is C12H26N2O. The van der Waals surface area contributed by atoms with Crippen LogP contribution in [0.5, 0.6) is 0 Å². The zero-order chi connectivity index (χ0) is 11.1. The second-order valence-corrected chi connectivity index (χ2v) is 4.41. The van der Waals surface area contributed by atoms with E-state index < -0.39 is 0 Å². The summed E-state index contributed by atoms with van der Waals surface area (Å²) in [6.45, 7) is 9.87. The second kappa shape index (κ2) is 7.20. The highest BCUT2D eigenvalue weighted by atomic mass is 16.5. The Morgan fingerprint density at radius 2 is 2.20 bits per heavy atom. The summed E-state index contributed by atoms with van der Waals surface area (Å²) < 4.78 is 5.57. The van der Waals surface area contributed by atoms with E-state index in [-0.39, 0.29) is 0 Å². The van der Waals surface area contributed by atoms with Crippen molar-refractivity contribution < 1.29 is 4.74 Å². The summed E-state index contributed by atoms with van der Waals surface area (Å²) in [5.74, 6) is 0.662. The Balaban J connectivity index is 2.38. The van der Waals surface area contributed by atoms with Gasteiger partial charge >= 0.3 is 0 Å². The number of hydrogen-bond acceptors (Lipinski definition) is 3. The molecule has 3 nitrogen and oxygen atoms in total. The van der Waals surface area contributed by atoms with E-state index in [1.165, 1.54) is 19.5 Å². The lowest BCUT2D eigenvalue weighted by Crippen LogP contribution is -2.46. The Morgan fingerprint density at radius 3 is 2.80 bits per heavy atom. The van der Waals surface area contributed by atoms with E-state index in [1.807, 2.05) is 0 Å². The van der Waals surface area contributed by atoms with Crippen LogP contribution < -0.4 is 5.32 Å². The van der Waals surface area contributed by atoms with Gasteiger partial charge in [-0.1, -0.05) is 13.8 Å². The van der Waals surface area contributed by atoms with E-state index in [2.05, 4.69) is 31.1 Å². The quantitative estimate of drug-likeness (QED) is 0.722. The molecule has 0 amide bonds. The zero-order valence-corrected chi connectivity index (χ0v) is 10.5. The number of rotatable bonds is 6. The smallest absolute Gasteiger partial charge is 0.0521 e. The van der Waals surface area contributed by atoms with Crippen LogP contribution in [0, 0.1) is 5.92 Å². The molecule has 0 saturated carbocycles. The van der Waals surface area contributed by atoms with Crippen molar-refractivity contribution in [2.24, 2.45) is 5.92 Å². The largest absolute Gasteiger partial charge is 0.381 e. The first-order valence-electron chi connectivity index (χ1n) is 6.29. The van der Waals surface area contributed by atoms with Crippen molar-refractivity contribution in [1.82, 2.24) is 10.2 Å². The Morgan fingerprint density at radius 1 is 1.40 bits per heavy atom. The van der Waals surface area contributed by atoms with Gasteiger partial charge in [0.25, 0.3) is 0 Å².